The predicted molar refractivity (Wildman–Crippen MR) is 159 cm³/mol. The average Bonchev–Trinajstić information content (AvgIpc) is 3.76. The Morgan fingerprint density at radius 3 is 2.26 bits per heavy atom. The molecule has 6 rings (SSSR count). The molecule has 8 nitrogen and oxygen atoms in total. The van der Waals surface area contributed by atoms with E-state index in [0.29, 0.717) is 5.92 Å². The molecule has 8 heteroatoms. The minimum Gasteiger partial charge on any atom is -0.497 e. The number of piperazine rings is 1. The molecule has 0 spiro atoms. The predicted octanol–water partition coefficient (Wildman–Crippen LogP) is 4.68. The normalized spacial score (nSPS) is 15.0. The van der Waals surface area contributed by atoms with Crippen molar-refractivity contribution < 1.29 is 14.6 Å². The summed E-state index contributed by atoms with van der Waals surface area (Å²) in [6, 6.07) is 24.7. The molecule has 1 aliphatic heterocycles. The summed E-state index contributed by atoms with van der Waals surface area (Å²) in [5.74, 6) is 1.34. The van der Waals surface area contributed by atoms with Crippen molar-refractivity contribution in [1.29, 1.82) is 0 Å². The van der Waals surface area contributed by atoms with Gasteiger partial charge in [0.1, 0.15) is 12.0 Å². The lowest BCUT2D eigenvalue weighted by Gasteiger charge is -2.35. The summed E-state index contributed by atoms with van der Waals surface area (Å²) >= 11 is 0. The number of β-amino-alcohol motifs (C(OH)–C–C–N with tert-alkyl or cyclic N) is 1. The van der Waals surface area contributed by atoms with Gasteiger partial charge >= 0.3 is 0 Å². The van der Waals surface area contributed by atoms with Crippen LogP contribution in [0.3, 0.4) is 0 Å². The van der Waals surface area contributed by atoms with Gasteiger partial charge < -0.3 is 24.9 Å². The number of anilines is 2. The van der Waals surface area contributed by atoms with Crippen LogP contribution in [0.15, 0.2) is 72.8 Å². The first-order valence-electron chi connectivity index (χ1n) is 13.5. The third kappa shape index (κ3) is 8.05. The number of carbonyl (C=O) groups excluding carboxylic acids is 1. The molecule has 0 unspecified atom stereocenters. The minimum atomic E-state index is 0.242. The molecule has 2 fully saturated rings. The van der Waals surface area contributed by atoms with Crippen molar-refractivity contribution in [1.82, 2.24) is 15.1 Å². The fourth-order valence-corrected chi connectivity index (χ4v) is 4.37. The fraction of sp³-hybridized carbons (Fsp3) is 0.355. The number of fused-ring (bicyclic) bond motifs is 1. The summed E-state index contributed by atoms with van der Waals surface area (Å²) in [7, 11) is 3.55. The van der Waals surface area contributed by atoms with Crippen LogP contribution in [0.5, 0.6) is 5.75 Å². The van der Waals surface area contributed by atoms with Crippen molar-refractivity contribution in [3.05, 3.63) is 72.8 Å². The van der Waals surface area contributed by atoms with Crippen LogP contribution in [0.1, 0.15) is 12.8 Å². The Kier molecular flexibility index (Phi) is 10.3. The number of nitrogens with one attached hydrogen (secondary N) is 2. The first kappa shape index (κ1) is 28.1. The molecule has 206 valence electrons. The number of aromatic amines is 1. The zero-order chi connectivity index (χ0) is 27.5. The number of hydrogen-bond acceptors (Lipinski definition) is 7. The number of methoxy groups -OCH3 is 1. The molecule has 0 amide bonds. The number of hydrogen-bond donors (Lipinski definition) is 3. The van der Waals surface area contributed by atoms with E-state index in [-0.39, 0.29) is 6.61 Å². The zero-order valence-electron chi connectivity index (χ0n) is 22.8. The van der Waals surface area contributed by atoms with E-state index in [2.05, 4.69) is 55.6 Å². The highest BCUT2D eigenvalue weighted by Gasteiger charge is 2.19. The van der Waals surface area contributed by atoms with Crippen LogP contribution in [-0.2, 0) is 4.79 Å². The molecule has 0 radical (unpaired) electrons. The lowest BCUT2D eigenvalue weighted by Crippen LogP contribution is -2.47. The minimum absolute atomic E-state index is 0.242. The average molecular weight is 530 g/mol. The molecule has 3 N–H and O–H groups in total. The Labute approximate surface area is 230 Å². The molecule has 2 heterocycles. The molecular formula is C31H39N5O3. The molecule has 0 atom stereocenters. The summed E-state index contributed by atoms with van der Waals surface area (Å²) in [4.78, 5) is 14.3. The lowest BCUT2D eigenvalue weighted by atomic mass is 10.1. The van der Waals surface area contributed by atoms with Gasteiger partial charge in [-0.25, -0.2) is 0 Å². The van der Waals surface area contributed by atoms with Crippen LogP contribution < -0.4 is 15.0 Å². The fourth-order valence-electron chi connectivity index (χ4n) is 4.37. The van der Waals surface area contributed by atoms with E-state index in [1.54, 1.807) is 7.11 Å². The van der Waals surface area contributed by atoms with Gasteiger partial charge in [0, 0.05) is 68.0 Å². The highest BCUT2D eigenvalue weighted by atomic mass is 16.5. The number of rotatable bonds is 7. The Bertz CT molecular complexity index is 1250. The van der Waals surface area contributed by atoms with E-state index < -0.39 is 0 Å². The number of H-pyrrole nitrogens is 1. The van der Waals surface area contributed by atoms with Crippen LogP contribution >= 0.6 is 0 Å². The molecule has 4 aromatic rings. The van der Waals surface area contributed by atoms with Crippen molar-refractivity contribution in [3.63, 3.8) is 0 Å². The smallest absolute Gasteiger partial charge is 0.123 e. The van der Waals surface area contributed by atoms with Crippen LogP contribution in [0, 0.1) is 5.92 Å². The van der Waals surface area contributed by atoms with E-state index in [1.165, 1.54) is 5.69 Å². The highest BCUT2D eigenvalue weighted by molar-refractivity contribution is 5.92. The van der Waals surface area contributed by atoms with E-state index in [4.69, 9.17) is 9.84 Å². The number of nitrogens with zero attached hydrogens (tertiary/aromatic N) is 3. The highest BCUT2D eigenvalue weighted by Crippen LogP contribution is 2.28. The van der Waals surface area contributed by atoms with Crippen LogP contribution in [0.2, 0.25) is 0 Å². The summed E-state index contributed by atoms with van der Waals surface area (Å²) in [5, 5.41) is 20.8. The Morgan fingerprint density at radius 2 is 1.69 bits per heavy atom. The number of aliphatic hydroxyl groups excluding tert-OH is 1. The Balaban J connectivity index is 0.000000193. The standard InChI is InChI=1S/C19H22N4O.C8H11NO.C4H6O/c24-14-13-22-9-11-23(12-10-22)16-7-5-15(6-8-16)19-17-3-1-2-4-18(17)20-21-19;1-9-7-3-5-8(10-2)6-4-7;5-3-4-1-2-4/h1-8,24H,9-14H2,(H,20,21);3-6,9H,1-2H3;3-4H,1-2H2. The van der Waals surface area contributed by atoms with E-state index in [1.807, 2.05) is 49.5 Å². The summed E-state index contributed by atoms with van der Waals surface area (Å²) in [5.41, 5.74) is 5.56. The molecule has 2 aliphatic rings. The number of aldehydes is 1. The van der Waals surface area contributed by atoms with Crippen LogP contribution in [-0.4, -0.2) is 80.0 Å². The van der Waals surface area contributed by atoms with Crippen molar-refractivity contribution in [2.75, 3.05) is 63.7 Å². The quantitative estimate of drug-likeness (QED) is 0.300. The van der Waals surface area contributed by atoms with E-state index in [0.717, 1.165) is 85.4 Å². The van der Waals surface area contributed by atoms with Gasteiger partial charge in [-0.3, -0.25) is 10.00 Å². The molecular weight excluding hydrogens is 490 g/mol. The van der Waals surface area contributed by atoms with Gasteiger partial charge in [0.05, 0.1) is 24.9 Å². The maximum absolute atomic E-state index is 9.57. The Hall–Kier alpha value is -3.88. The first-order chi connectivity index (χ1) is 19.1. The van der Waals surface area contributed by atoms with Gasteiger partial charge in [0.15, 0.2) is 0 Å². The third-order valence-electron chi connectivity index (χ3n) is 6.96. The van der Waals surface area contributed by atoms with Gasteiger partial charge in [-0.2, -0.15) is 5.10 Å². The number of ether oxygens (including phenoxy) is 1. The molecule has 1 saturated heterocycles. The first-order valence-corrected chi connectivity index (χ1v) is 13.5. The molecule has 1 saturated carbocycles. The third-order valence-corrected chi connectivity index (χ3v) is 6.96. The van der Waals surface area contributed by atoms with Crippen LogP contribution in [0.25, 0.3) is 22.2 Å². The number of carbonyl (C=O) groups is 1. The molecule has 3 aromatic carbocycles. The van der Waals surface area contributed by atoms with Gasteiger partial charge in [0.2, 0.25) is 0 Å². The number of aromatic nitrogens is 2. The second-order valence-electron chi connectivity index (χ2n) is 9.67. The van der Waals surface area contributed by atoms with E-state index >= 15 is 0 Å². The van der Waals surface area contributed by atoms with Gasteiger partial charge in [-0.1, -0.05) is 30.3 Å². The lowest BCUT2D eigenvalue weighted by molar-refractivity contribution is -0.108. The molecule has 0 bridgehead atoms. The van der Waals surface area contributed by atoms with Crippen LogP contribution in [0.4, 0.5) is 11.4 Å². The SMILES string of the molecule is CNc1ccc(OC)cc1.O=CC1CC1.OCCN1CCN(c2ccc(-c3n[nH]c4ccccc34)cc2)CC1. The van der Waals surface area contributed by atoms with Gasteiger partial charge in [-0.15, -0.1) is 0 Å². The zero-order valence-corrected chi connectivity index (χ0v) is 22.8. The molecule has 1 aliphatic carbocycles. The Morgan fingerprint density at radius 1 is 1.00 bits per heavy atom. The number of benzene rings is 3. The monoisotopic (exact) mass is 529 g/mol. The number of aliphatic hydroxyl groups is 1. The molecule has 39 heavy (non-hydrogen) atoms. The van der Waals surface area contributed by atoms with E-state index in [9.17, 15) is 4.79 Å². The maximum Gasteiger partial charge on any atom is 0.123 e. The summed E-state index contributed by atoms with van der Waals surface area (Å²) < 4.78 is 4.99. The van der Waals surface area contributed by atoms with Gasteiger partial charge in [-0.05, 0) is 55.3 Å². The van der Waals surface area contributed by atoms with Gasteiger partial charge in [0.25, 0.3) is 0 Å². The molecule has 1 aromatic heterocycles. The second-order valence-corrected chi connectivity index (χ2v) is 9.67. The maximum atomic E-state index is 9.57. The second kappa shape index (κ2) is 14.3. The summed E-state index contributed by atoms with van der Waals surface area (Å²) in [6.45, 7) is 5.04. The summed E-state index contributed by atoms with van der Waals surface area (Å²) in [6.07, 6.45) is 3.31. The van der Waals surface area contributed by atoms with Crippen molar-refractivity contribution in [2.24, 2.45) is 5.92 Å². The topological polar surface area (TPSA) is 93.7 Å². The van der Waals surface area contributed by atoms with Crippen molar-refractivity contribution in [2.45, 2.75) is 12.8 Å². The largest absolute Gasteiger partial charge is 0.497 e. The van der Waals surface area contributed by atoms with Crippen molar-refractivity contribution >= 4 is 28.6 Å². The van der Waals surface area contributed by atoms with Crippen molar-refractivity contribution in [3.8, 4) is 17.0 Å². The number of para-hydroxylation sites is 1.